The number of benzene rings is 2. The molecule has 0 saturated heterocycles. The van der Waals surface area contributed by atoms with E-state index in [9.17, 15) is 14.4 Å². The minimum Gasteiger partial charge on any atom is -0.496 e. The number of amides is 1. The van der Waals surface area contributed by atoms with Crippen LogP contribution in [0.15, 0.2) is 36.4 Å². The quantitative estimate of drug-likeness (QED) is 0.535. The van der Waals surface area contributed by atoms with E-state index in [2.05, 4.69) is 5.32 Å². The van der Waals surface area contributed by atoms with E-state index in [1.165, 1.54) is 14.0 Å². The summed E-state index contributed by atoms with van der Waals surface area (Å²) in [7, 11) is 1.47. The van der Waals surface area contributed by atoms with Crippen molar-refractivity contribution < 1.29 is 33.3 Å². The fraction of sp³-hybridized carbons (Fsp3) is 0.286. The molecule has 0 fully saturated rings. The summed E-state index contributed by atoms with van der Waals surface area (Å²) in [5.74, 6) is 0.621. The van der Waals surface area contributed by atoms with Crippen molar-refractivity contribution in [3.63, 3.8) is 0 Å². The first-order chi connectivity index (χ1) is 14.0. The van der Waals surface area contributed by atoms with E-state index in [4.69, 9.17) is 18.9 Å². The molecule has 2 aromatic carbocycles. The summed E-state index contributed by atoms with van der Waals surface area (Å²) in [6.45, 7) is 1.48. The molecule has 3 rings (SSSR count). The van der Waals surface area contributed by atoms with Crippen LogP contribution in [0.3, 0.4) is 0 Å². The van der Waals surface area contributed by atoms with Crippen molar-refractivity contribution in [1.82, 2.24) is 5.32 Å². The maximum Gasteiger partial charge on any atom is 0.310 e. The smallest absolute Gasteiger partial charge is 0.310 e. The van der Waals surface area contributed by atoms with Gasteiger partial charge in [0.05, 0.1) is 13.5 Å². The first-order valence-corrected chi connectivity index (χ1v) is 8.95. The summed E-state index contributed by atoms with van der Waals surface area (Å²) in [6.07, 6.45) is -0.111. The molecule has 1 amide bonds. The molecule has 1 aliphatic rings. The number of nitrogens with one attached hydrogen (secondary N) is 1. The molecule has 8 heteroatoms. The number of esters is 1. The fourth-order valence-corrected chi connectivity index (χ4v) is 2.79. The molecule has 8 nitrogen and oxygen atoms in total. The van der Waals surface area contributed by atoms with Crippen LogP contribution in [0.1, 0.15) is 28.4 Å². The molecule has 2 aromatic rings. The Morgan fingerprint density at radius 1 is 1.07 bits per heavy atom. The van der Waals surface area contributed by atoms with E-state index >= 15 is 0 Å². The van der Waals surface area contributed by atoms with E-state index < -0.39 is 18.5 Å². The molecule has 1 N–H and O–H groups in total. The molecule has 1 heterocycles. The van der Waals surface area contributed by atoms with Crippen LogP contribution >= 0.6 is 0 Å². The third-order valence-corrected chi connectivity index (χ3v) is 4.31. The van der Waals surface area contributed by atoms with E-state index in [1.54, 1.807) is 30.3 Å². The lowest BCUT2D eigenvalue weighted by Crippen LogP contribution is -2.28. The largest absolute Gasteiger partial charge is 0.496 e. The van der Waals surface area contributed by atoms with Crippen molar-refractivity contribution in [2.24, 2.45) is 0 Å². The van der Waals surface area contributed by atoms with Gasteiger partial charge in [-0.05, 0) is 42.8 Å². The highest BCUT2D eigenvalue weighted by molar-refractivity contribution is 5.94. The molecule has 0 atom stereocenters. The van der Waals surface area contributed by atoms with Crippen LogP contribution in [0.2, 0.25) is 0 Å². The lowest BCUT2D eigenvalue weighted by atomic mass is 10.0. The Balaban J connectivity index is 1.48. The lowest BCUT2D eigenvalue weighted by molar-refractivity contribution is -0.147. The summed E-state index contributed by atoms with van der Waals surface area (Å²) in [6, 6.07) is 10.2. The van der Waals surface area contributed by atoms with Crippen molar-refractivity contribution in [2.45, 2.75) is 19.9 Å². The maximum atomic E-state index is 12.1. The van der Waals surface area contributed by atoms with Gasteiger partial charge in [0.2, 0.25) is 6.79 Å². The molecule has 0 unspecified atom stereocenters. The normalized spacial score (nSPS) is 11.7. The standard InChI is InChI=1S/C21H21NO7/c1-13(23)15-4-6-17(26-2)16(8-15)9-21(25)27-11-20(24)22-10-14-3-5-18-19(7-14)29-12-28-18/h3-8H,9-12H2,1-2H3,(H,22,24). The lowest BCUT2D eigenvalue weighted by Gasteiger charge is -2.10. The summed E-state index contributed by atoms with van der Waals surface area (Å²) in [5.41, 5.74) is 1.82. The molecule has 0 aliphatic carbocycles. The van der Waals surface area contributed by atoms with Gasteiger partial charge < -0.3 is 24.3 Å². The summed E-state index contributed by atoms with van der Waals surface area (Å²) >= 11 is 0. The van der Waals surface area contributed by atoms with Crippen molar-refractivity contribution in [3.8, 4) is 17.2 Å². The van der Waals surface area contributed by atoms with Gasteiger partial charge in [-0.25, -0.2) is 0 Å². The Kier molecular flexibility index (Phi) is 6.33. The number of fused-ring (bicyclic) bond motifs is 1. The van der Waals surface area contributed by atoms with Gasteiger partial charge in [0, 0.05) is 17.7 Å². The Bertz CT molecular complexity index is 939. The first-order valence-electron chi connectivity index (χ1n) is 8.95. The highest BCUT2D eigenvalue weighted by Gasteiger charge is 2.15. The zero-order chi connectivity index (χ0) is 20.8. The van der Waals surface area contributed by atoms with Gasteiger partial charge >= 0.3 is 5.97 Å². The zero-order valence-corrected chi connectivity index (χ0v) is 16.2. The summed E-state index contributed by atoms with van der Waals surface area (Å²) in [4.78, 5) is 35.6. The van der Waals surface area contributed by atoms with Gasteiger partial charge in [-0.1, -0.05) is 6.07 Å². The monoisotopic (exact) mass is 399 g/mol. The molecule has 0 radical (unpaired) electrons. The molecule has 0 bridgehead atoms. The minimum absolute atomic E-state index is 0.111. The topological polar surface area (TPSA) is 100 Å². The second-order valence-corrected chi connectivity index (χ2v) is 6.38. The van der Waals surface area contributed by atoms with E-state index in [0.29, 0.717) is 28.4 Å². The molecule has 152 valence electrons. The number of rotatable bonds is 8. The van der Waals surface area contributed by atoms with E-state index in [0.717, 1.165) is 5.56 Å². The third kappa shape index (κ3) is 5.25. The van der Waals surface area contributed by atoms with Crippen LogP contribution in [0, 0.1) is 0 Å². The highest BCUT2D eigenvalue weighted by atomic mass is 16.7. The number of hydrogen-bond donors (Lipinski definition) is 1. The van der Waals surface area contributed by atoms with Crippen LogP contribution in [0.5, 0.6) is 17.2 Å². The predicted molar refractivity (Wildman–Crippen MR) is 102 cm³/mol. The Hall–Kier alpha value is -3.55. The Morgan fingerprint density at radius 2 is 1.86 bits per heavy atom. The molecule has 29 heavy (non-hydrogen) atoms. The molecule has 0 saturated carbocycles. The third-order valence-electron chi connectivity index (χ3n) is 4.31. The molecule has 1 aliphatic heterocycles. The Labute approximate surface area is 167 Å². The van der Waals surface area contributed by atoms with Gasteiger partial charge in [0.15, 0.2) is 23.9 Å². The summed E-state index contributed by atoms with van der Waals surface area (Å²) < 4.78 is 20.8. The average Bonchev–Trinajstić information content (AvgIpc) is 3.18. The second kappa shape index (κ2) is 9.09. The van der Waals surface area contributed by atoms with Gasteiger partial charge in [-0.15, -0.1) is 0 Å². The highest BCUT2D eigenvalue weighted by Crippen LogP contribution is 2.32. The SMILES string of the molecule is COc1ccc(C(C)=O)cc1CC(=O)OCC(=O)NCc1ccc2c(c1)OCO2. The van der Waals surface area contributed by atoms with E-state index in [-0.39, 0.29) is 25.5 Å². The van der Waals surface area contributed by atoms with Crippen LogP contribution < -0.4 is 19.5 Å². The van der Waals surface area contributed by atoms with Crippen LogP contribution in [0.25, 0.3) is 0 Å². The summed E-state index contributed by atoms with van der Waals surface area (Å²) in [5, 5.41) is 2.67. The molecular weight excluding hydrogens is 378 g/mol. The minimum atomic E-state index is -0.595. The zero-order valence-electron chi connectivity index (χ0n) is 16.2. The maximum absolute atomic E-state index is 12.1. The van der Waals surface area contributed by atoms with Crippen LogP contribution in [0.4, 0.5) is 0 Å². The number of carbonyl (C=O) groups is 3. The van der Waals surface area contributed by atoms with Crippen molar-refractivity contribution in [3.05, 3.63) is 53.1 Å². The number of ketones is 1. The molecular formula is C21H21NO7. The number of Topliss-reactive ketones (excluding diaryl/α,β-unsaturated/α-hetero) is 1. The van der Waals surface area contributed by atoms with Gasteiger partial charge in [0.25, 0.3) is 5.91 Å². The number of hydrogen-bond acceptors (Lipinski definition) is 7. The van der Waals surface area contributed by atoms with Crippen molar-refractivity contribution in [1.29, 1.82) is 0 Å². The van der Waals surface area contributed by atoms with Crippen molar-refractivity contribution in [2.75, 3.05) is 20.5 Å². The number of methoxy groups -OCH3 is 1. The molecule has 0 spiro atoms. The predicted octanol–water partition coefficient (Wildman–Crippen LogP) is 2.03. The van der Waals surface area contributed by atoms with Crippen LogP contribution in [-0.4, -0.2) is 38.2 Å². The van der Waals surface area contributed by atoms with Gasteiger partial charge in [-0.3, -0.25) is 14.4 Å². The second-order valence-electron chi connectivity index (χ2n) is 6.38. The Morgan fingerprint density at radius 3 is 2.62 bits per heavy atom. The average molecular weight is 399 g/mol. The molecule has 0 aromatic heterocycles. The van der Waals surface area contributed by atoms with Gasteiger partial charge in [0.1, 0.15) is 5.75 Å². The number of ether oxygens (including phenoxy) is 4. The van der Waals surface area contributed by atoms with E-state index in [1.807, 2.05) is 6.07 Å². The van der Waals surface area contributed by atoms with Crippen LogP contribution in [-0.2, 0) is 27.3 Å². The van der Waals surface area contributed by atoms with Crippen molar-refractivity contribution >= 4 is 17.7 Å². The fourth-order valence-electron chi connectivity index (χ4n) is 2.79. The van der Waals surface area contributed by atoms with Gasteiger partial charge in [-0.2, -0.15) is 0 Å². The first kappa shape index (κ1) is 20.2. The number of carbonyl (C=O) groups excluding carboxylic acids is 3.